The second-order valence-corrected chi connectivity index (χ2v) is 5.65. The van der Waals surface area contributed by atoms with Crippen molar-refractivity contribution in [3.8, 4) is 0 Å². The Labute approximate surface area is 115 Å². The standard InChI is InChI=1S/C14H15N3OS/c1-8-5-4-6-11-12(8)17-14(19-11)16-10(3)13-15-7-9(2)18-13/h4-7,10H,1-3H3,(H,16,17). The highest BCUT2D eigenvalue weighted by Gasteiger charge is 2.13. The first-order chi connectivity index (χ1) is 9.13. The van der Waals surface area contributed by atoms with Crippen LogP contribution in [-0.4, -0.2) is 9.97 Å². The number of para-hydroxylation sites is 1. The summed E-state index contributed by atoms with van der Waals surface area (Å²) >= 11 is 1.65. The number of nitrogens with one attached hydrogen (secondary N) is 1. The molecule has 4 nitrogen and oxygen atoms in total. The number of fused-ring (bicyclic) bond motifs is 1. The van der Waals surface area contributed by atoms with E-state index in [2.05, 4.69) is 40.4 Å². The van der Waals surface area contributed by atoms with Crippen molar-refractivity contribution in [2.24, 2.45) is 0 Å². The first-order valence-electron chi connectivity index (χ1n) is 6.18. The molecule has 0 bridgehead atoms. The number of aromatic nitrogens is 2. The van der Waals surface area contributed by atoms with Crippen molar-refractivity contribution in [3.05, 3.63) is 41.6 Å². The van der Waals surface area contributed by atoms with Gasteiger partial charge in [-0.15, -0.1) is 0 Å². The first kappa shape index (κ1) is 12.2. The Morgan fingerprint density at radius 1 is 1.32 bits per heavy atom. The van der Waals surface area contributed by atoms with E-state index in [-0.39, 0.29) is 6.04 Å². The summed E-state index contributed by atoms with van der Waals surface area (Å²) in [5.74, 6) is 1.51. The van der Waals surface area contributed by atoms with Gasteiger partial charge in [0.15, 0.2) is 5.13 Å². The molecule has 19 heavy (non-hydrogen) atoms. The third-order valence-electron chi connectivity index (χ3n) is 2.97. The lowest BCUT2D eigenvalue weighted by Gasteiger charge is -2.07. The van der Waals surface area contributed by atoms with Gasteiger partial charge in [0.2, 0.25) is 5.89 Å². The molecule has 0 fully saturated rings. The van der Waals surface area contributed by atoms with Crippen LogP contribution in [0.3, 0.4) is 0 Å². The van der Waals surface area contributed by atoms with E-state index in [4.69, 9.17) is 4.42 Å². The van der Waals surface area contributed by atoms with Gasteiger partial charge in [0, 0.05) is 0 Å². The van der Waals surface area contributed by atoms with Crippen molar-refractivity contribution in [2.45, 2.75) is 26.8 Å². The summed E-state index contributed by atoms with van der Waals surface area (Å²) in [6, 6.07) is 6.23. The van der Waals surface area contributed by atoms with E-state index in [1.54, 1.807) is 17.5 Å². The van der Waals surface area contributed by atoms with Gasteiger partial charge >= 0.3 is 0 Å². The molecule has 98 valence electrons. The van der Waals surface area contributed by atoms with Crippen LogP contribution in [0, 0.1) is 13.8 Å². The molecule has 0 aliphatic heterocycles. The van der Waals surface area contributed by atoms with Crippen LogP contribution < -0.4 is 5.32 Å². The average Bonchev–Trinajstić information content (AvgIpc) is 2.96. The van der Waals surface area contributed by atoms with Crippen LogP contribution in [-0.2, 0) is 0 Å². The van der Waals surface area contributed by atoms with Crippen LogP contribution in [0.25, 0.3) is 10.2 Å². The van der Waals surface area contributed by atoms with Gasteiger partial charge in [-0.1, -0.05) is 23.5 Å². The molecule has 0 radical (unpaired) electrons. The van der Waals surface area contributed by atoms with Crippen molar-refractivity contribution in [1.82, 2.24) is 9.97 Å². The summed E-state index contributed by atoms with van der Waals surface area (Å²) in [6.07, 6.45) is 1.73. The number of hydrogen-bond acceptors (Lipinski definition) is 5. The molecule has 0 aliphatic rings. The lowest BCUT2D eigenvalue weighted by Crippen LogP contribution is -2.06. The van der Waals surface area contributed by atoms with Crippen LogP contribution in [0.4, 0.5) is 5.13 Å². The van der Waals surface area contributed by atoms with Gasteiger partial charge in [0.05, 0.1) is 16.4 Å². The Kier molecular flexibility index (Phi) is 2.98. The third-order valence-corrected chi connectivity index (χ3v) is 3.92. The predicted octanol–water partition coefficient (Wildman–Crippen LogP) is 4.07. The normalized spacial score (nSPS) is 12.8. The summed E-state index contributed by atoms with van der Waals surface area (Å²) in [5.41, 5.74) is 2.26. The van der Waals surface area contributed by atoms with Gasteiger partial charge < -0.3 is 9.73 Å². The topological polar surface area (TPSA) is 51.0 Å². The minimum Gasteiger partial charge on any atom is -0.444 e. The van der Waals surface area contributed by atoms with Gasteiger partial charge in [-0.2, -0.15) is 0 Å². The van der Waals surface area contributed by atoms with Crippen LogP contribution in [0.1, 0.15) is 30.2 Å². The largest absolute Gasteiger partial charge is 0.444 e. The molecule has 0 saturated heterocycles. The Bertz CT molecular complexity index is 716. The number of thiazole rings is 1. The average molecular weight is 273 g/mol. The molecule has 0 aliphatic carbocycles. The van der Waals surface area contributed by atoms with Crippen molar-refractivity contribution in [1.29, 1.82) is 0 Å². The molecule has 2 aromatic heterocycles. The van der Waals surface area contributed by atoms with Gasteiger partial charge in [-0.05, 0) is 32.4 Å². The number of anilines is 1. The second-order valence-electron chi connectivity index (χ2n) is 4.62. The molecule has 1 unspecified atom stereocenters. The summed E-state index contributed by atoms with van der Waals surface area (Å²) in [7, 11) is 0. The van der Waals surface area contributed by atoms with Gasteiger partial charge in [0.1, 0.15) is 11.8 Å². The summed E-state index contributed by atoms with van der Waals surface area (Å²) < 4.78 is 6.71. The molecule has 1 N–H and O–H groups in total. The number of aryl methyl sites for hydroxylation is 2. The molecule has 5 heteroatoms. The van der Waals surface area contributed by atoms with E-state index in [0.29, 0.717) is 5.89 Å². The Morgan fingerprint density at radius 3 is 2.84 bits per heavy atom. The highest BCUT2D eigenvalue weighted by molar-refractivity contribution is 7.22. The minimum absolute atomic E-state index is 0.00886. The monoisotopic (exact) mass is 273 g/mol. The molecular weight excluding hydrogens is 258 g/mol. The summed E-state index contributed by atoms with van der Waals surface area (Å²) in [5, 5.41) is 4.24. The smallest absolute Gasteiger partial charge is 0.216 e. The van der Waals surface area contributed by atoms with E-state index in [9.17, 15) is 0 Å². The van der Waals surface area contributed by atoms with Crippen LogP contribution in [0.2, 0.25) is 0 Å². The second kappa shape index (κ2) is 4.66. The lowest BCUT2D eigenvalue weighted by atomic mass is 10.2. The maximum atomic E-state index is 5.52. The van der Waals surface area contributed by atoms with Crippen molar-refractivity contribution >= 4 is 26.7 Å². The highest BCUT2D eigenvalue weighted by atomic mass is 32.1. The fraction of sp³-hybridized carbons (Fsp3) is 0.286. The fourth-order valence-electron chi connectivity index (χ4n) is 1.97. The zero-order valence-electron chi connectivity index (χ0n) is 11.1. The summed E-state index contributed by atoms with van der Waals surface area (Å²) in [4.78, 5) is 8.85. The van der Waals surface area contributed by atoms with Crippen molar-refractivity contribution in [2.75, 3.05) is 5.32 Å². The number of oxazole rings is 1. The molecular formula is C14H15N3OS. The molecule has 3 rings (SSSR count). The SMILES string of the molecule is Cc1cnc(C(C)Nc2nc3c(C)cccc3s2)o1. The lowest BCUT2D eigenvalue weighted by molar-refractivity contribution is 0.453. The minimum atomic E-state index is 0.00886. The van der Waals surface area contributed by atoms with E-state index < -0.39 is 0 Å². The number of hydrogen-bond donors (Lipinski definition) is 1. The Hall–Kier alpha value is -1.88. The van der Waals surface area contributed by atoms with Crippen LogP contribution in [0.5, 0.6) is 0 Å². The van der Waals surface area contributed by atoms with Gasteiger partial charge in [-0.25, -0.2) is 9.97 Å². The predicted molar refractivity (Wildman–Crippen MR) is 77.6 cm³/mol. The van der Waals surface area contributed by atoms with E-state index in [0.717, 1.165) is 16.4 Å². The molecule has 1 atom stereocenters. The molecule has 0 saturated carbocycles. The molecule has 0 spiro atoms. The third kappa shape index (κ3) is 2.33. The molecule has 1 aromatic carbocycles. The number of nitrogens with zero attached hydrogens (tertiary/aromatic N) is 2. The van der Waals surface area contributed by atoms with E-state index in [1.807, 2.05) is 13.8 Å². The van der Waals surface area contributed by atoms with Gasteiger partial charge in [-0.3, -0.25) is 0 Å². The van der Waals surface area contributed by atoms with E-state index >= 15 is 0 Å². The van der Waals surface area contributed by atoms with Gasteiger partial charge in [0.25, 0.3) is 0 Å². The molecule has 0 amide bonds. The zero-order chi connectivity index (χ0) is 13.4. The molecule has 2 heterocycles. The number of benzene rings is 1. The Balaban J connectivity index is 1.87. The quantitative estimate of drug-likeness (QED) is 0.781. The van der Waals surface area contributed by atoms with Crippen LogP contribution >= 0.6 is 11.3 Å². The van der Waals surface area contributed by atoms with Crippen molar-refractivity contribution in [3.63, 3.8) is 0 Å². The zero-order valence-corrected chi connectivity index (χ0v) is 11.9. The Morgan fingerprint density at radius 2 is 2.16 bits per heavy atom. The summed E-state index contributed by atoms with van der Waals surface area (Å²) in [6.45, 7) is 5.99. The maximum Gasteiger partial charge on any atom is 0.216 e. The molecule has 3 aromatic rings. The first-order valence-corrected chi connectivity index (χ1v) is 7.00. The highest BCUT2D eigenvalue weighted by Crippen LogP contribution is 2.30. The number of rotatable bonds is 3. The fourth-order valence-corrected chi connectivity index (χ4v) is 3.00. The van der Waals surface area contributed by atoms with E-state index in [1.165, 1.54) is 10.3 Å². The van der Waals surface area contributed by atoms with Crippen molar-refractivity contribution < 1.29 is 4.42 Å². The maximum absolute atomic E-state index is 5.52. The van der Waals surface area contributed by atoms with Crippen LogP contribution in [0.15, 0.2) is 28.8 Å².